The van der Waals surface area contributed by atoms with Gasteiger partial charge in [0.05, 0.1) is 48.5 Å². The van der Waals surface area contributed by atoms with E-state index in [0.717, 1.165) is 16.8 Å². The van der Waals surface area contributed by atoms with Crippen molar-refractivity contribution in [3.05, 3.63) is 142 Å². The Bertz CT molecular complexity index is 3020. The molecule has 0 bridgehead atoms. The minimum atomic E-state index is -3.85. The lowest BCUT2D eigenvalue weighted by molar-refractivity contribution is 0.0599. The first-order valence-corrected chi connectivity index (χ1v) is 25.4. The highest BCUT2D eigenvalue weighted by molar-refractivity contribution is 7.92. The van der Waals surface area contributed by atoms with E-state index in [-0.39, 0.29) is 60.0 Å². The Morgan fingerprint density at radius 3 is 1.46 bits per heavy atom. The van der Waals surface area contributed by atoms with Crippen LogP contribution in [0.25, 0.3) is 22.3 Å². The van der Waals surface area contributed by atoms with Crippen molar-refractivity contribution in [3.8, 4) is 33.8 Å². The fourth-order valence-corrected chi connectivity index (χ4v) is 9.81. The lowest BCUT2D eigenvalue weighted by atomic mass is 9.90. The van der Waals surface area contributed by atoms with Gasteiger partial charge in [0.2, 0.25) is 20.0 Å². The van der Waals surface area contributed by atoms with Crippen LogP contribution in [0.4, 0.5) is 31.8 Å². The molecule has 4 heterocycles. The van der Waals surface area contributed by atoms with E-state index in [1.807, 2.05) is 27.7 Å². The molecule has 0 unspecified atom stereocenters. The van der Waals surface area contributed by atoms with Crippen LogP contribution in [0.1, 0.15) is 78.0 Å². The van der Waals surface area contributed by atoms with E-state index in [9.17, 15) is 35.5 Å². The topological polar surface area (TPSA) is 166 Å². The Morgan fingerprint density at radius 2 is 1.07 bits per heavy atom. The second kappa shape index (κ2) is 21.0. The maximum Gasteiger partial charge on any atom is 0.340 e. The number of benzene rings is 4. The first kappa shape index (κ1) is 50.6. The predicted octanol–water partition coefficient (Wildman–Crippen LogP) is 10.7. The molecule has 0 atom stereocenters. The van der Waals surface area contributed by atoms with E-state index in [1.54, 1.807) is 60.7 Å². The molecule has 354 valence electrons. The van der Waals surface area contributed by atoms with Crippen molar-refractivity contribution in [1.82, 2.24) is 9.97 Å². The molecule has 0 amide bonds. The minimum Gasteiger partial charge on any atom is -0.487 e. The summed E-state index contributed by atoms with van der Waals surface area (Å²) in [6.45, 7) is 7.24. The molecule has 0 aliphatic carbocycles. The summed E-state index contributed by atoms with van der Waals surface area (Å²) in [6, 6.07) is 25.1. The van der Waals surface area contributed by atoms with Gasteiger partial charge in [0.15, 0.2) is 11.6 Å². The highest BCUT2D eigenvalue weighted by Crippen LogP contribution is 2.47. The van der Waals surface area contributed by atoms with Crippen molar-refractivity contribution in [1.29, 1.82) is 0 Å². The van der Waals surface area contributed by atoms with Gasteiger partial charge in [-0.1, -0.05) is 76.2 Å². The number of carbonyl (C=O) groups excluding carboxylic acids is 1. The SMILES string of the molecule is CC(C)c1nc2c(c(-c3ccc(F)cc3)c1CO)COc1ccccc1N2S(C)(=O)=O.COC(=O)c1c(C(C)C)nc2c(c1-c1ccc(F)cc1)COc1ccccc1N2S(C)(=O)=O.ClCCl. The molecule has 0 radical (unpaired) electrons. The number of anilines is 4. The smallest absolute Gasteiger partial charge is 0.340 e. The summed E-state index contributed by atoms with van der Waals surface area (Å²) in [5, 5.41) is 10.4. The van der Waals surface area contributed by atoms with E-state index < -0.39 is 31.8 Å². The van der Waals surface area contributed by atoms with E-state index in [1.165, 1.54) is 47.8 Å². The Hall–Kier alpha value is -5.85. The molecule has 4 aromatic carbocycles. The summed E-state index contributed by atoms with van der Waals surface area (Å²) in [6.07, 6.45) is 2.20. The van der Waals surface area contributed by atoms with Gasteiger partial charge in [0.25, 0.3) is 0 Å². The molecule has 0 saturated carbocycles. The van der Waals surface area contributed by atoms with Crippen LogP contribution >= 0.6 is 23.2 Å². The number of ether oxygens (including phenoxy) is 3. The third-order valence-corrected chi connectivity index (χ3v) is 12.6. The number of sulfonamides is 2. The highest BCUT2D eigenvalue weighted by atomic mass is 35.5. The van der Waals surface area contributed by atoms with Crippen molar-refractivity contribution in [2.75, 3.05) is 33.6 Å². The molecule has 6 aromatic rings. The summed E-state index contributed by atoms with van der Waals surface area (Å²) in [7, 11) is -6.36. The number of pyridine rings is 2. The number of fused-ring (bicyclic) bond motifs is 4. The molecule has 0 saturated heterocycles. The molecule has 67 heavy (non-hydrogen) atoms. The average molecular weight is 998 g/mol. The largest absolute Gasteiger partial charge is 0.487 e. The number of carbonyl (C=O) groups is 1. The molecule has 19 heteroatoms. The van der Waals surface area contributed by atoms with Crippen LogP contribution in [0.5, 0.6) is 11.5 Å². The Labute approximate surface area is 399 Å². The number of halogens is 4. The van der Waals surface area contributed by atoms with Gasteiger partial charge in [0.1, 0.15) is 47.7 Å². The van der Waals surface area contributed by atoms with E-state index in [2.05, 4.69) is 4.98 Å². The molecular formula is C48H48Cl2F2N4O9S2. The van der Waals surface area contributed by atoms with Crippen molar-refractivity contribution in [3.63, 3.8) is 0 Å². The van der Waals surface area contributed by atoms with Gasteiger partial charge in [-0.15, -0.1) is 23.2 Å². The maximum atomic E-state index is 13.7. The van der Waals surface area contributed by atoms with Gasteiger partial charge in [0, 0.05) is 22.3 Å². The van der Waals surface area contributed by atoms with Gasteiger partial charge in [-0.05, 0) is 77.1 Å². The molecule has 2 aliphatic heterocycles. The number of methoxy groups -OCH3 is 1. The third-order valence-electron chi connectivity index (χ3n) is 10.6. The molecule has 2 aromatic heterocycles. The molecule has 13 nitrogen and oxygen atoms in total. The fraction of sp³-hybridized carbons (Fsp3) is 0.271. The summed E-state index contributed by atoms with van der Waals surface area (Å²) < 4.78 is 98.5. The summed E-state index contributed by atoms with van der Waals surface area (Å²) in [5.41, 5.74) is 5.47. The van der Waals surface area contributed by atoms with Crippen LogP contribution in [0.3, 0.4) is 0 Å². The van der Waals surface area contributed by atoms with E-state index in [0.29, 0.717) is 73.2 Å². The Balaban J connectivity index is 0.000000209. The standard InChI is InChI=1S/C24H23FN2O5S.C23H23FN2O4S.CH2Cl2/c1-14(2)22-21(24(28)31-3)20(15-9-11-16(25)12-10-15)17-13-32-19-8-6-5-7-18(19)27(23(17)26-22)33(4,29)30;1-14(2)22-17(12-27)21(15-8-10-16(24)11-9-15)18-13-30-20-7-5-4-6-19(20)26(23(18)25-22)31(3,28)29;2-1-3/h5-12,14H,13H2,1-4H3;4-11,14,27H,12-13H2,1-3H3;1H2. The highest BCUT2D eigenvalue weighted by Gasteiger charge is 2.37. The van der Waals surface area contributed by atoms with Crippen LogP contribution < -0.4 is 18.1 Å². The Morgan fingerprint density at radius 1 is 0.687 bits per heavy atom. The zero-order chi connectivity index (χ0) is 49.0. The number of aliphatic hydroxyl groups is 1. The summed E-state index contributed by atoms with van der Waals surface area (Å²) >= 11 is 9.53. The normalized spacial score (nSPS) is 12.9. The van der Waals surface area contributed by atoms with Crippen LogP contribution in [0, 0.1) is 11.6 Å². The lowest BCUT2D eigenvalue weighted by Crippen LogP contribution is -2.27. The number of rotatable bonds is 8. The number of hydrogen-bond donors (Lipinski definition) is 1. The molecule has 0 spiro atoms. The average Bonchev–Trinajstić information content (AvgIpc) is 3.57. The first-order valence-electron chi connectivity index (χ1n) is 20.7. The predicted molar refractivity (Wildman–Crippen MR) is 257 cm³/mol. The number of esters is 1. The first-order chi connectivity index (χ1) is 31.8. The Kier molecular flexibility index (Phi) is 15.8. The van der Waals surface area contributed by atoms with Crippen molar-refractivity contribution < 1.29 is 49.7 Å². The van der Waals surface area contributed by atoms with Crippen LogP contribution in [-0.4, -0.2) is 62.8 Å². The van der Waals surface area contributed by atoms with E-state index in [4.69, 9.17) is 42.4 Å². The number of aliphatic hydroxyl groups excluding tert-OH is 1. The van der Waals surface area contributed by atoms with Crippen LogP contribution in [-0.2, 0) is 44.6 Å². The number of alkyl halides is 2. The zero-order valence-corrected chi connectivity index (χ0v) is 40.7. The third kappa shape index (κ3) is 10.7. The van der Waals surface area contributed by atoms with Gasteiger partial charge in [-0.2, -0.15) is 0 Å². The maximum absolute atomic E-state index is 13.7. The molecule has 8 rings (SSSR count). The minimum absolute atomic E-state index is 0.0451. The number of para-hydroxylation sites is 4. The number of hydrogen-bond acceptors (Lipinski definition) is 11. The second-order valence-electron chi connectivity index (χ2n) is 15.8. The molecule has 0 fully saturated rings. The summed E-state index contributed by atoms with van der Waals surface area (Å²) in [4.78, 5) is 22.4. The molecular weight excluding hydrogens is 950 g/mol. The number of nitrogens with zero attached hydrogens (tertiary/aromatic N) is 4. The van der Waals surface area contributed by atoms with Crippen LogP contribution in [0.2, 0.25) is 0 Å². The van der Waals surface area contributed by atoms with Gasteiger partial charge in [-0.25, -0.2) is 49.0 Å². The number of aromatic nitrogens is 2. The summed E-state index contributed by atoms with van der Waals surface area (Å²) in [5.74, 6) is -0.656. The van der Waals surface area contributed by atoms with Gasteiger partial charge < -0.3 is 19.3 Å². The van der Waals surface area contributed by atoms with Crippen molar-refractivity contribution >= 4 is 72.2 Å². The second-order valence-corrected chi connectivity index (χ2v) is 20.3. The lowest BCUT2D eigenvalue weighted by Gasteiger charge is -2.26. The van der Waals surface area contributed by atoms with Crippen molar-refractivity contribution in [2.45, 2.75) is 59.4 Å². The van der Waals surface area contributed by atoms with Gasteiger partial charge >= 0.3 is 5.97 Å². The quantitative estimate of drug-likeness (QED) is 0.114. The monoisotopic (exact) mass is 996 g/mol. The van der Waals surface area contributed by atoms with Crippen LogP contribution in [0.15, 0.2) is 97.1 Å². The fourth-order valence-electron chi connectivity index (χ4n) is 7.87. The van der Waals surface area contributed by atoms with E-state index >= 15 is 0 Å². The van der Waals surface area contributed by atoms with Gasteiger partial charge in [-0.3, -0.25) is 0 Å². The zero-order valence-electron chi connectivity index (χ0n) is 37.6. The molecule has 2 aliphatic rings. The van der Waals surface area contributed by atoms with Crippen molar-refractivity contribution in [2.24, 2.45) is 0 Å². The molecule has 1 N–H and O–H groups in total.